The Hall–Kier alpha value is -1.84. The first-order chi connectivity index (χ1) is 8.91. The molecule has 19 heavy (non-hydrogen) atoms. The van der Waals surface area contributed by atoms with Crippen molar-refractivity contribution in [2.45, 2.75) is 39.5 Å². The van der Waals surface area contributed by atoms with Crippen molar-refractivity contribution in [1.29, 1.82) is 0 Å². The second kappa shape index (κ2) is 6.92. The van der Waals surface area contributed by atoms with Crippen molar-refractivity contribution < 1.29 is 19.8 Å². The van der Waals surface area contributed by atoms with Crippen LogP contribution in [0.25, 0.3) is 0 Å². The summed E-state index contributed by atoms with van der Waals surface area (Å²) in [5.74, 6) is -1.19. The number of rotatable bonds is 2. The fraction of sp³-hybridized carbons (Fsp3) is 0.467. The minimum atomic E-state index is -1.12. The van der Waals surface area contributed by atoms with Crippen molar-refractivity contribution in [3.8, 4) is 0 Å². The Bertz CT molecular complexity index is 459. The second-order valence-corrected chi connectivity index (χ2v) is 5.03. The molecule has 1 aromatic rings. The van der Waals surface area contributed by atoms with Crippen LogP contribution in [-0.4, -0.2) is 22.2 Å². The predicted octanol–water partition coefficient (Wildman–Crippen LogP) is 3.59. The largest absolute Gasteiger partial charge is 0.478 e. The SMILES string of the molecule is CC1CCCC1.Cc1ccc(C(=O)O)cc1C(=O)O. The number of carboxylic acids is 2. The van der Waals surface area contributed by atoms with E-state index in [2.05, 4.69) is 6.92 Å². The van der Waals surface area contributed by atoms with Crippen LogP contribution in [0.2, 0.25) is 0 Å². The normalized spacial score (nSPS) is 14.6. The van der Waals surface area contributed by atoms with Crippen LogP contribution >= 0.6 is 0 Å². The molecule has 1 aliphatic rings. The molecule has 1 aromatic carbocycles. The summed E-state index contributed by atoms with van der Waals surface area (Å²) in [6.07, 6.45) is 5.95. The van der Waals surface area contributed by atoms with Gasteiger partial charge in [-0.2, -0.15) is 0 Å². The number of benzene rings is 1. The summed E-state index contributed by atoms with van der Waals surface area (Å²) in [6, 6.07) is 4.01. The van der Waals surface area contributed by atoms with Gasteiger partial charge in [0.25, 0.3) is 0 Å². The van der Waals surface area contributed by atoms with E-state index in [0.29, 0.717) is 5.56 Å². The highest BCUT2D eigenvalue weighted by atomic mass is 16.4. The summed E-state index contributed by atoms with van der Waals surface area (Å²) in [7, 11) is 0. The minimum absolute atomic E-state index is 0.0111. The molecule has 1 saturated carbocycles. The molecular weight excluding hydrogens is 244 g/mol. The molecule has 4 heteroatoms. The van der Waals surface area contributed by atoms with Crippen LogP contribution in [0.3, 0.4) is 0 Å². The molecule has 2 N–H and O–H groups in total. The van der Waals surface area contributed by atoms with Gasteiger partial charge in [-0.3, -0.25) is 0 Å². The van der Waals surface area contributed by atoms with Crippen LogP contribution in [0, 0.1) is 12.8 Å². The monoisotopic (exact) mass is 264 g/mol. The van der Waals surface area contributed by atoms with Gasteiger partial charge in [0, 0.05) is 0 Å². The third-order valence-corrected chi connectivity index (χ3v) is 3.36. The lowest BCUT2D eigenvalue weighted by atomic mass is 10.1. The van der Waals surface area contributed by atoms with E-state index in [4.69, 9.17) is 10.2 Å². The van der Waals surface area contributed by atoms with E-state index in [0.717, 1.165) is 12.0 Å². The topological polar surface area (TPSA) is 74.6 Å². The second-order valence-electron chi connectivity index (χ2n) is 5.03. The maximum atomic E-state index is 10.6. The average Bonchev–Trinajstić information content (AvgIpc) is 2.81. The smallest absolute Gasteiger partial charge is 0.335 e. The molecule has 0 bridgehead atoms. The molecule has 1 fully saturated rings. The van der Waals surface area contributed by atoms with E-state index in [1.165, 1.54) is 37.8 Å². The predicted molar refractivity (Wildman–Crippen MR) is 72.7 cm³/mol. The summed E-state index contributed by atoms with van der Waals surface area (Å²) in [6.45, 7) is 3.96. The molecule has 0 atom stereocenters. The Morgan fingerprint density at radius 3 is 2.05 bits per heavy atom. The molecule has 4 nitrogen and oxygen atoms in total. The summed E-state index contributed by atoms with van der Waals surface area (Å²) >= 11 is 0. The van der Waals surface area contributed by atoms with E-state index in [1.54, 1.807) is 6.92 Å². The highest BCUT2D eigenvalue weighted by Gasteiger charge is 2.10. The first kappa shape index (κ1) is 15.2. The van der Waals surface area contributed by atoms with Crippen molar-refractivity contribution in [2.24, 2.45) is 5.92 Å². The van der Waals surface area contributed by atoms with E-state index < -0.39 is 11.9 Å². The first-order valence-corrected chi connectivity index (χ1v) is 6.49. The molecule has 1 aliphatic carbocycles. The van der Waals surface area contributed by atoms with Crippen molar-refractivity contribution in [2.75, 3.05) is 0 Å². The number of hydrogen-bond acceptors (Lipinski definition) is 2. The number of carbonyl (C=O) groups is 2. The lowest BCUT2D eigenvalue weighted by molar-refractivity contribution is 0.0695. The summed E-state index contributed by atoms with van der Waals surface area (Å²) in [5.41, 5.74) is 0.570. The van der Waals surface area contributed by atoms with Crippen molar-refractivity contribution in [3.63, 3.8) is 0 Å². The van der Waals surface area contributed by atoms with Crippen molar-refractivity contribution in [3.05, 3.63) is 34.9 Å². The number of aryl methyl sites for hydroxylation is 1. The summed E-state index contributed by atoms with van der Waals surface area (Å²) in [4.78, 5) is 21.1. The van der Waals surface area contributed by atoms with E-state index >= 15 is 0 Å². The maximum absolute atomic E-state index is 10.6. The molecule has 104 valence electrons. The van der Waals surface area contributed by atoms with Gasteiger partial charge >= 0.3 is 11.9 Å². The number of hydrogen-bond donors (Lipinski definition) is 2. The van der Waals surface area contributed by atoms with Crippen LogP contribution < -0.4 is 0 Å². The van der Waals surface area contributed by atoms with Crippen LogP contribution in [0.1, 0.15) is 58.9 Å². The number of aromatic carboxylic acids is 2. The molecule has 0 aliphatic heterocycles. The highest BCUT2D eigenvalue weighted by molar-refractivity contribution is 5.94. The fourth-order valence-electron chi connectivity index (χ4n) is 2.12. The minimum Gasteiger partial charge on any atom is -0.478 e. The van der Waals surface area contributed by atoms with Gasteiger partial charge in [0.15, 0.2) is 0 Å². The van der Waals surface area contributed by atoms with Gasteiger partial charge in [-0.1, -0.05) is 38.7 Å². The van der Waals surface area contributed by atoms with Crippen LogP contribution in [-0.2, 0) is 0 Å². The molecule has 0 aromatic heterocycles. The molecule has 0 saturated heterocycles. The molecular formula is C15H20O4. The van der Waals surface area contributed by atoms with E-state index in [9.17, 15) is 9.59 Å². The van der Waals surface area contributed by atoms with E-state index in [1.807, 2.05) is 0 Å². The number of carboxylic acid groups (broad SMARTS) is 2. The third kappa shape index (κ3) is 4.73. The molecule has 0 amide bonds. The maximum Gasteiger partial charge on any atom is 0.335 e. The van der Waals surface area contributed by atoms with Gasteiger partial charge in [0.2, 0.25) is 0 Å². The lowest BCUT2D eigenvalue weighted by Gasteiger charge is -2.01. The molecule has 0 heterocycles. The molecule has 0 unspecified atom stereocenters. The Morgan fingerprint density at radius 1 is 1.11 bits per heavy atom. The van der Waals surface area contributed by atoms with Crippen LogP contribution in [0.5, 0.6) is 0 Å². The van der Waals surface area contributed by atoms with E-state index in [-0.39, 0.29) is 11.1 Å². The summed E-state index contributed by atoms with van der Waals surface area (Å²) in [5, 5.41) is 17.3. The van der Waals surface area contributed by atoms with Crippen LogP contribution in [0.15, 0.2) is 18.2 Å². The zero-order valence-corrected chi connectivity index (χ0v) is 11.3. The Morgan fingerprint density at radius 2 is 1.68 bits per heavy atom. The quantitative estimate of drug-likeness (QED) is 0.856. The Balaban J connectivity index is 0.000000250. The first-order valence-electron chi connectivity index (χ1n) is 6.49. The summed E-state index contributed by atoms with van der Waals surface area (Å²) < 4.78 is 0. The molecule has 0 spiro atoms. The van der Waals surface area contributed by atoms with Gasteiger partial charge in [0.05, 0.1) is 11.1 Å². The molecule has 2 rings (SSSR count). The average molecular weight is 264 g/mol. The third-order valence-electron chi connectivity index (χ3n) is 3.36. The van der Waals surface area contributed by atoms with Gasteiger partial charge in [-0.25, -0.2) is 9.59 Å². The fourth-order valence-corrected chi connectivity index (χ4v) is 2.12. The Kier molecular flexibility index (Phi) is 5.55. The zero-order chi connectivity index (χ0) is 14.4. The zero-order valence-electron chi connectivity index (χ0n) is 11.3. The van der Waals surface area contributed by atoms with Crippen LogP contribution in [0.4, 0.5) is 0 Å². The van der Waals surface area contributed by atoms with Gasteiger partial charge in [-0.05, 0) is 30.5 Å². The Labute approximate surface area is 113 Å². The standard InChI is InChI=1S/C9H8O4.C6H12/c1-5-2-3-6(8(10)11)4-7(5)9(12)13;1-6-4-2-3-5-6/h2-4H,1H3,(H,10,11)(H,12,13);6H,2-5H2,1H3. The lowest BCUT2D eigenvalue weighted by Crippen LogP contribution is -2.03. The van der Waals surface area contributed by atoms with Crippen molar-refractivity contribution >= 4 is 11.9 Å². The van der Waals surface area contributed by atoms with Gasteiger partial charge in [-0.15, -0.1) is 0 Å². The molecule has 0 radical (unpaired) electrons. The van der Waals surface area contributed by atoms with Crippen molar-refractivity contribution in [1.82, 2.24) is 0 Å². The van der Waals surface area contributed by atoms with Gasteiger partial charge in [0.1, 0.15) is 0 Å². The highest BCUT2D eigenvalue weighted by Crippen LogP contribution is 2.22. The van der Waals surface area contributed by atoms with Gasteiger partial charge < -0.3 is 10.2 Å².